The minimum absolute atomic E-state index is 0.0871. The van der Waals surface area contributed by atoms with Crippen LogP contribution >= 0.6 is 0 Å². The van der Waals surface area contributed by atoms with E-state index in [1.165, 1.54) is 18.2 Å². The Hall–Kier alpha value is -2.18. The lowest BCUT2D eigenvalue weighted by Gasteiger charge is -2.02. The molecule has 0 bridgehead atoms. The summed E-state index contributed by atoms with van der Waals surface area (Å²) >= 11 is 0. The van der Waals surface area contributed by atoms with E-state index in [-0.39, 0.29) is 12.1 Å². The highest BCUT2D eigenvalue weighted by atomic mass is 19.4. The van der Waals surface area contributed by atoms with E-state index in [2.05, 4.69) is 5.10 Å². The fourth-order valence-corrected chi connectivity index (χ4v) is 1.50. The summed E-state index contributed by atoms with van der Waals surface area (Å²) < 4.78 is 50.8. The molecule has 0 aliphatic rings. The third-order valence-corrected chi connectivity index (χ3v) is 2.41. The molecule has 0 N–H and O–H groups in total. The lowest BCUT2D eigenvalue weighted by molar-refractivity contribution is -0.137. The highest BCUT2D eigenvalue weighted by molar-refractivity contribution is 5.95. The Labute approximate surface area is 105 Å². The molecule has 100 valence electrons. The van der Waals surface area contributed by atoms with Gasteiger partial charge >= 0.3 is 6.18 Å². The molecule has 0 unspecified atom stereocenters. The van der Waals surface area contributed by atoms with Gasteiger partial charge in [-0.2, -0.15) is 18.3 Å². The van der Waals surface area contributed by atoms with Gasteiger partial charge in [-0.3, -0.25) is 9.48 Å². The smallest absolute Gasteiger partial charge is 0.292 e. The van der Waals surface area contributed by atoms with Gasteiger partial charge in [0, 0.05) is 11.8 Å². The van der Waals surface area contributed by atoms with Crippen molar-refractivity contribution in [2.24, 2.45) is 0 Å². The van der Waals surface area contributed by atoms with Crippen LogP contribution < -0.4 is 0 Å². The fraction of sp³-hybridized carbons (Fsp3) is 0.167. The number of rotatable bonds is 3. The fourth-order valence-electron chi connectivity index (χ4n) is 1.50. The molecule has 1 aromatic carbocycles. The molecule has 0 saturated carbocycles. The molecule has 0 radical (unpaired) electrons. The molecule has 2 aromatic rings. The van der Waals surface area contributed by atoms with E-state index in [0.29, 0.717) is 6.20 Å². The number of carbonyl (C=O) groups is 1. The Balaban J connectivity index is 2.13. The first-order valence-corrected chi connectivity index (χ1v) is 5.24. The van der Waals surface area contributed by atoms with Crippen molar-refractivity contribution in [3.8, 4) is 0 Å². The number of nitrogens with zero attached hydrogens (tertiary/aromatic N) is 2. The van der Waals surface area contributed by atoms with Gasteiger partial charge in [-0.25, -0.2) is 4.39 Å². The zero-order chi connectivity index (χ0) is 14.0. The second-order valence-electron chi connectivity index (χ2n) is 3.86. The van der Waals surface area contributed by atoms with Crippen molar-refractivity contribution < 1.29 is 22.4 Å². The maximum atomic E-state index is 12.9. The second-order valence-corrected chi connectivity index (χ2v) is 3.86. The van der Waals surface area contributed by atoms with Crippen LogP contribution in [0.25, 0.3) is 0 Å². The SMILES string of the molecule is O=C(Cn1cc(C(F)(F)F)cn1)c1cccc(F)c1. The summed E-state index contributed by atoms with van der Waals surface area (Å²) in [6.45, 7) is -0.375. The van der Waals surface area contributed by atoms with E-state index in [4.69, 9.17) is 0 Å². The molecule has 0 aliphatic heterocycles. The second kappa shape index (κ2) is 4.83. The van der Waals surface area contributed by atoms with Crippen LogP contribution in [0.5, 0.6) is 0 Å². The third kappa shape index (κ3) is 3.18. The maximum absolute atomic E-state index is 12.9. The van der Waals surface area contributed by atoms with Crippen LogP contribution in [0.2, 0.25) is 0 Å². The molecule has 3 nitrogen and oxygen atoms in total. The van der Waals surface area contributed by atoms with Gasteiger partial charge in [-0.05, 0) is 12.1 Å². The molecule has 2 rings (SSSR count). The Morgan fingerprint density at radius 3 is 2.63 bits per heavy atom. The highest BCUT2D eigenvalue weighted by Crippen LogP contribution is 2.28. The van der Waals surface area contributed by atoms with Gasteiger partial charge in [-0.15, -0.1) is 0 Å². The van der Waals surface area contributed by atoms with Crippen LogP contribution in [0, 0.1) is 5.82 Å². The zero-order valence-corrected chi connectivity index (χ0v) is 9.49. The Morgan fingerprint density at radius 2 is 2.05 bits per heavy atom. The lowest BCUT2D eigenvalue weighted by atomic mass is 10.1. The first kappa shape index (κ1) is 13.3. The minimum Gasteiger partial charge on any atom is -0.292 e. The van der Waals surface area contributed by atoms with Gasteiger partial charge in [-0.1, -0.05) is 12.1 Å². The first-order chi connectivity index (χ1) is 8.86. The van der Waals surface area contributed by atoms with E-state index in [0.717, 1.165) is 16.9 Å². The molecule has 1 heterocycles. The summed E-state index contributed by atoms with van der Waals surface area (Å²) in [4.78, 5) is 11.7. The quantitative estimate of drug-likeness (QED) is 0.636. The molecule has 19 heavy (non-hydrogen) atoms. The molecule has 0 spiro atoms. The number of alkyl halides is 3. The number of hydrogen-bond acceptors (Lipinski definition) is 2. The number of hydrogen-bond donors (Lipinski definition) is 0. The predicted octanol–water partition coefficient (Wildman–Crippen LogP) is 2.92. The first-order valence-electron chi connectivity index (χ1n) is 5.24. The van der Waals surface area contributed by atoms with E-state index in [1.54, 1.807) is 0 Å². The predicted molar refractivity (Wildman–Crippen MR) is 58.0 cm³/mol. The van der Waals surface area contributed by atoms with Crippen molar-refractivity contribution in [1.29, 1.82) is 0 Å². The average molecular weight is 272 g/mol. The topological polar surface area (TPSA) is 34.9 Å². The molecule has 0 atom stereocenters. The van der Waals surface area contributed by atoms with Gasteiger partial charge in [0.25, 0.3) is 0 Å². The van der Waals surface area contributed by atoms with E-state index in [1.807, 2.05) is 0 Å². The van der Waals surface area contributed by atoms with Crippen molar-refractivity contribution in [2.45, 2.75) is 12.7 Å². The summed E-state index contributed by atoms with van der Waals surface area (Å²) in [5, 5.41) is 3.45. The number of aromatic nitrogens is 2. The van der Waals surface area contributed by atoms with Crippen LogP contribution in [0.15, 0.2) is 36.7 Å². The van der Waals surface area contributed by atoms with Gasteiger partial charge < -0.3 is 0 Å². The van der Waals surface area contributed by atoms with E-state index in [9.17, 15) is 22.4 Å². The van der Waals surface area contributed by atoms with E-state index >= 15 is 0 Å². The van der Waals surface area contributed by atoms with Gasteiger partial charge in [0.15, 0.2) is 5.78 Å². The normalized spacial score (nSPS) is 11.6. The van der Waals surface area contributed by atoms with Crippen molar-refractivity contribution in [1.82, 2.24) is 9.78 Å². The molecule has 0 aliphatic carbocycles. The standard InChI is InChI=1S/C12H8F4N2O/c13-10-3-1-2-8(4-10)11(19)7-18-6-9(5-17-18)12(14,15)16/h1-6H,7H2. The number of carbonyl (C=O) groups excluding carboxylic acids is 1. The highest BCUT2D eigenvalue weighted by Gasteiger charge is 2.32. The van der Waals surface area contributed by atoms with Crippen LogP contribution in [0.3, 0.4) is 0 Å². The summed E-state index contributed by atoms with van der Waals surface area (Å²) in [5.41, 5.74) is -0.844. The van der Waals surface area contributed by atoms with Crippen LogP contribution in [0.4, 0.5) is 17.6 Å². The Morgan fingerprint density at radius 1 is 1.32 bits per heavy atom. The molecule has 0 amide bonds. The van der Waals surface area contributed by atoms with Gasteiger partial charge in [0.05, 0.1) is 11.8 Å². The largest absolute Gasteiger partial charge is 0.419 e. The van der Waals surface area contributed by atoms with Crippen molar-refractivity contribution in [3.63, 3.8) is 0 Å². The van der Waals surface area contributed by atoms with E-state index < -0.39 is 23.3 Å². The third-order valence-electron chi connectivity index (χ3n) is 2.41. The minimum atomic E-state index is -4.50. The molecule has 1 aromatic heterocycles. The lowest BCUT2D eigenvalue weighted by Crippen LogP contribution is -2.11. The maximum Gasteiger partial charge on any atom is 0.419 e. The Kier molecular flexibility index (Phi) is 3.37. The summed E-state index contributed by atoms with van der Waals surface area (Å²) in [5.74, 6) is -1.10. The van der Waals surface area contributed by atoms with Crippen molar-refractivity contribution in [3.05, 3.63) is 53.6 Å². The number of benzene rings is 1. The Bertz CT molecular complexity index is 604. The average Bonchev–Trinajstić information content (AvgIpc) is 2.77. The number of Topliss-reactive ketones (excluding diaryl/α,β-unsaturated/α-hetero) is 1. The van der Waals surface area contributed by atoms with Crippen molar-refractivity contribution >= 4 is 5.78 Å². The molecular formula is C12H8F4N2O. The summed E-state index contributed by atoms with van der Waals surface area (Å²) in [7, 11) is 0. The molecule has 7 heteroatoms. The molecule has 0 fully saturated rings. The summed E-state index contributed by atoms with van der Waals surface area (Å²) in [6, 6.07) is 4.94. The van der Waals surface area contributed by atoms with Gasteiger partial charge in [0.2, 0.25) is 0 Å². The molecule has 0 saturated heterocycles. The molecular weight excluding hydrogens is 264 g/mol. The monoisotopic (exact) mass is 272 g/mol. The van der Waals surface area contributed by atoms with Crippen LogP contribution in [-0.4, -0.2) is 15.6 Å². The van der Waals surface area contributed by atoms with Crippen molar-refractivity contribution in [2.75, 3.05) is 0 Å². The van der Waals surface area contributed by atoms with Crippen LogP contribution in [-0.2, 0) is 12.7 Å². The number of halogens is 4. The number of ketones is 1. The zero-order valence-electron chi connectivity index (χ0n) is 9.49. The van der Waals surface area contributed by atoms with Gasteiger partial charge in [0.1, 0.15) is 12.4 Å². The summed E-state index contributed by atoms with van der Waals surface area (Å²) in [6.07, 6.45) is -3.13. The van der Waals surface area contributed by atoms with Crippen LogP contribution in [0.1, 0.15) is 15.9 Å².